The second kappa shape index (κ2) is 9.35. The number of amides is 1. The maximum Gasteiger partial charge on any atom is 0.338 e. The molecule has 0 aromatic heterocycles. The topological polar surface area (TPSA) is 111 Å². The van der Waals surface area contributed by atoms with Gasteiger partial charge in [-0.05, 0) is 30.3 Å². The molecule has 1 saturated heterocycles. The molecule has 1 aliphatic heterocycles. The van der Waals surface area contributed by atoms with Crippen LogP contribution in [0.2, 0.25) is 5.02 Å². The van der Waals surface area contributed by atoms with Crippen molar-refractivity contribution in [1.82, 2.24) is 0 Å². The average molecular weight is 420 g/mol. The number of nitrogens with zero attached hydrogens (tertiary/aromatic N) is 2. The van der Waals surface area contributed by atoms with Crippen LogP contribution in [0.5, 0.6) is 0 Å². The number of morpholine rings is 1. The molecule has 0 aliphatic carbocycles. The van der Waals surface area contributed by atoms with Gasteiger partial charge in [0.2, 0.25) is 0 Å². The molecule has 1 heterocycles. The van der Waals surface area contributed by atoms with E-state index in [1.54, 1.807) is 12.1 Å². The standard InChI is InChI=1S/C19H18ClN3O6/c20-16-11-14(3-6-17(16)22-7-9-28-10-8-22)21-18(24)12-29-19(25)13-1-4-15(5-2-13)23(26)27/h1-6,11H,7-10,12H2,(H,21,24). The van der Waals surface area contributed by atoms with E-state index in [-0.39, 0.29) is 11.3 Å². The zero-order valence-electron chi connectivity index (χ0n) is 15.3. The molecule has 2 aromatic rings. The lowest BCUT2D eigenvalue weighted by Crippen LogP contribution is -2.36. The minimum atomic E-state index is -0.754. The molecule has 1 fully saturated rings. The van der Waals surface area contributed by atoms with E-state index in [1.807, 2.05) is 6.07 Å². The monoisotopic (exact) mass is 419 g/mol. The minimum absolute atomic E-state index is 0.112. The zero-order chi connectivity index (χ0) is 20.8. The highest BCUT2D eigenvalue weighted by molar-refractivity contribution is 6.33. The number of carbonyl (C=O) groups excluding carboxylic acids is 2. The van der Waals surface area contributed by atoms with E-state index in [2.05, 4.69) is 10.2 Å². The largest absolute Gasteiger partial charge is 0.452 e. The number of hydrogen-bond donors (Lipinski definition) is 1. The van der Waals surface area contributed by atoms with Crippen molar-refractivity contribution in [3.8, 4) is 0 Å². The third-order valence-corrected chi connectivity index (χ3v) is 4.53. The molecule has 0 bridgehead atoms. The maximum absolute atomic E-state index is 12.0. The summed E-state index contributed by atoms with van der Waals surface area (Å²) in [6.07, 6.45) is 0. The van der Waals surface area contributed by atoms with Gasteiger partial charge in [-0.3, -0.25) is 14.9 Å². The number of anilines is 2. The number of nitro benzene ring substituents is 1. The lowest BCUT2D eigenvalue weighted by atomic mass is 10.2. The summed E-state index contributed by atoms with van der Waals surface area (Å²) in [5, 5.41) is 13.7. The predicted molar refractivity (Wildman–Crippen MR) is 106 cm³/mol. The molecular weight excluding hydrogens is 402 g/mol. The van der Waals surface area contributed by atoms with Crippen LogP contribution in [-0.4, -0.2) is 49.7 Å². The van der Waals surface area contributed by atoms with Gasteiger partial charge >= 0.3 is 5.97 Å². The molecule has 29 heavy (non-hydrogen) atoms. The van der Waals surface area contributed by atoms with Gasteiger partial charge in [-0.1, -0.05) is 11.6 Å². The summed E-state index contributed by atoms with van der Waals surface area (Å²) >= 11 is 6.32. The van der Waals surface area contributed by atoms with Gasteiger partial charge < -0.3 is 19.7 Å². The molecule has 0 radical (unpaired) electrons. The highest BCUT2D eigenvalue weighted by Crippen LogP contribution is 2.29. The Morgan fingerprint density at radius 3 is 2.48 bits per heavy atom. The van der Waals surface area contributed by atoms with E-state index in [0.29, 0.717) is 23.9 Å². The van der Waals surface area contributed by atoms with E-state index in [0.717, 1.165) is 18.8 Å². The molecule has 0 spiro atoms. The van der Waals surface area contributed by atoms with Gasteiger partial charge in [-0.25, -0.2) is 4.79 Å². The van der Waals surface area contributed by atoms with Crippen molar-refractivity contribution in [2.45, 2.75) is 0 Å². The normalized spacial score (nSPS) is 13.6. The van der Waals surface area contributed by atoms with Gasteiger partial charge in [-0.2, -0.15) is 0 Å². The van der Waals surface area contributed by atoms with Crippen LogP contribution in [0.15, 0.2) is 42.5 Å². The fourth-order valence-corrected chi connectivity index (χ4v) is 3.08. The zero-order valence-corrected chi connectivity index (χ0v) is 16.1. The summed E-state index contributed by atoms with van der Waals surface area (Å²) in [5.41, 5.74) is 1.30. The van der Waals surface area contributed by atoms with Crippen molar-refractivity contribution in [3.63, 3.8) is 0 Å². The first-order valence-corrected chi connectivity index (χ1v) is 9.15. The fraction of sp³-hybridized carbons (Fsp3) is 0.263. The van der Waals surface area contributed by atoms with E-state index >= 15 is 0 Å². The molecule has 1 N–H and O–H groups in total. The lowest BCUT2D eigenvalue weighted by Gasteiger charge is -2.29. The molecule has 9 nitrogen and oxygen atoms in total. The summed E-state index contributed by atoms with van der Waals surface area (Å²) in [6, 6.07) is 10.1. The number of nitrogens with one attached hydrogen (secondary N) is 1. The molecule has 152 valence electrons. The molecule has 3 rings (SSSR count). The van der Waals surface area contributed by atoms with Gasteiger partial charge in [0, 0.05) is 30.9 Å². The van der Waals surface area contributed by atoms with Crippen LogP contribution in [0.1, 0.15) is 10.4 Å². The lowest BCUT2D eigenvalue weighted by molar-refractivity contribution is -0.384. The summed E-state index contributed by atoms with van der Waals surface area (Å²) in [7, 11) is 0. The number of benzene rings is 2. The average Bonchev–Trinajstić information content (AvgIpc) is 2.73. The Hall–Kier alpha value is -3.17. The minimum Gasteiger partial charge on any atom is -0.452 e. The Morgan fingerprint density at radius 1 is 1.17 bits per heavy atom. The first-order chi connectivity index (χ1) is 13.9. The molecule has 10 heteroatoms. The number of non-ortho nitro benzene ring substituents is 1. The number of carbonyl (C=O) groups is 2. The smallest absolute Gasteiger partial charge is 0.338 e. The van der Waals surface area contributed by atoms with E-state index in [9.17, 15) is 19.7 Å². The van der Waals surface area contributed by atoms with Crippen LogP contribution in [0.3, 0.4) is 0 Å². The van der Waals surface area contributed by atoms with Crippen LogP contribution >= 0.6 is 11.6 Å². The highest BCUT2D eigenvalue weighted by atomic mass is 35.5. The van der Waals surface area contributed by atoms with E-state index in [1.165, 1.54) is 24.3 Å². The summed E-state index contributed by atoms with van der Waals surface area (Å²) in [5.74, 6) is -1.29. The number of ether oxygens (including phenoxy) is 2. The van der Waals surface area contributed by atoms with Crippen LogP contribution in [0.4, 0.5) is 17.1 Å². The molecular formula is C19H18ClN3O6. The van der Waals surface area contributed by atoms with Gasteiger partial charge in [0.05, 0.1) is 34.4 Å². The Labute approximate surface area is 171 Å². The van der Waals surface area contributed by atoms with Crippen molar-refractivity contribution < 1.29 is 24.0 Å². The number of nitro groups is 1. The SMILES string of the molecule is O=C(COC(=O)c1ccc([N+](=O)[O-])cc1)Nc1ccc(N2CCOCC2)c(Cl)c1. The van der Waals surface area contributed by atoms with Crippen LogP contribution in [0, 0.1) is 10.1 Å². The first kappa shape index (κ1) is 20.6. The Morgan fingerprint density at radius 2 is 1.86 bits per heavy atom. The third-order valence-electron chi connectivity index (χ3n) is 4.23. The van der Waals surface area contributed by atoms with Crippen molar-refractivity contribution in [2.75, 3.05) is 43.1 Å². The van der Waals surface area contributed by atoms with Crippen LogP contribution in [0.25, 0.3) is 0 Å². The molecule has 0 atom stereocenters. The molecule has 1 amide bonds. The number of rotatable bonds is 6. The number of hydrogen-bond acceptors (Lipinski definition) is 7. The van der Waals surface area contributed by atoms with Crippen molar-refractivity contribution in [2.24, 2.45) is 0 Å². The predicted octanol–water partition coefficient (Wildman–Crippen LogP) is 2.88. The van der Waals surface area contributed by atoms with Gasteiger partial charge in [0.1, 0.15) is 0 Å². The number of halogens is 1. The van der Waals surface area contributed by atoms with E-state index in [4.69, 9.17) is 21.1 Å². The van der Waals surface area contributed by atoms with Crippen LogP contribution in [-0.2, 0) is 14.3 Å². The second-order valence-corrected chi connectivity index (χ2v) is 6.60. The molecule has 2 aromatic carbocycles. The molecule has 0 saturated carbocycles. The molecule has 1 aliphatic rings. The fourth-order valence-electron chi connectivity index (χ4n) is 2.78. The van der Waals surface area contributed by atoms with Gasteiger partial charge in [0.25, 0.3) is 11.6 Å². The third kappa shape index (κ3) is 5.43. The first-order valence-electron chi connectivity index (χ1n) is 8.78. The highest BCUT2D eigenvalue weighted by Gasteiger charge is 2.16. The van der Waals surface area contributed by atoms with E-state index < -0.39 is 23.4 Å². The van der Waals surface area contributed by atoms with Crippen LogP contribution < -0.4 is 10.2 Å². The summed E-state index contributed by atoms with van der Waals surface area (Å²) < 4.78 is 10.3. The van der Waals surface area contributed by atoms with Crippen molar-refractivity contribution >= 4 is 40.5 Å². The summed E-state index contributed by atoms with van der Waals surface area (Å²) in [6.45, 7) is 2.25. The molecule has 0 unspecified atom stereocenters. The Kier molecular flexibility index (Phi) is 6.63. The van der Waals surface area contributed by atoms with Crippen molar-refractivity contribution in [3.05, 3.63) is 63.2 Å². The van der Waals surface area contributed by atoms with Crippen molar-refractivity contribution in [1.29, 1.82) is 0 Å². The van der Waals surface area contributed by atoms with Gasteiger partial charge in [-0.15, -0.1) is 0 Å². The Bertz CT molecular complexity index is 913. The quantitative estimate of drug-likeness (QED) is 0.435. The second-order valence-electron chi connectivity index (χ2n) is 6.19. The number of esters is 1. The van der Waals surface area contributed by atoms with Gasteiger partial charge in [0.15, 0.2) is 6.61 Å². The maximum atomic E-state index is 12.0. The Balaban J connectivity index is 1.53. The summed E-state index contributed by atoms with van der Waals surface area (Å²) in [4.78, 5) is 36.1.